The normalized spacial score (nSPS) is 24.7. The number of nitrogens with one attached hydrogen (secondary N) is 1. The second kappa shape index (κ2) is 7.23. The third-order valence-corrected chi connectivity index (χ3v) is 3.45. The van der Waals surface area contributed by atoms with Crippen LogP contribution in [0.25, 0.3) is 0 Å². The molecule has 0 aliphatic heterocycles. The highest BCUT2D eigenvalue weighted by molar-refractivity contribution is 5.83. The molecular weight excluding hydrogens is 250 g/mol. The van der Waals surface area contributed by atoms with E-state index in [-0.39, 0.29) is 23.7 Å². The van der Waals surface area contributed by atoms with Crippen LogP contribution in [0.3, 0.4) is 0 Å². The summed E-state index contributed by atoms with van der Waals surface area (Å²) < 4.78 is 9.99. The number of ketones is 1. The molecule has 2 unspecified atom stereocenters. The second-order valence-electron chi connectivity index (χ2n) is 4.83. The molecule has 0 aromatic heterocycles. The lowest BCUT2D eigenvalue weighted by atomic mass is 9.81. The zero-order chi connectivity index (χ0) is 14.4. The van der Waals surface area contributed by atoms with Gasteiger partial charge in [-0.05, 0) is 18.8 Å². The molecule has 0 radical (unpaired) electrons. The molecule has 1 N–H and O–H groups in total. The van der Waals surface area contributed by atoms with Gasteiger partial charge >= 0.3 is 5.97 Å². The minimum atomic E-state index is -0.682. The molecular formula is C13H21NO5. The number of esters is 1. The first-order valence-electron chi connectivity index (χ1n) is 6.37. The van der Waals surface area contributed by atoms with Crippen LogP contribution in [0.15, 0.2) is 0 Å². The van der Waals surface area contributed by atoms with Crippen molar-refractivity contribution >= 4 is 17.7 Å². The SMILES string of the molecule is COC(=O)[C@H](CC1CCC(=O)CC1OC)NC(C)=O. The molecule has 0 heterocycles. The predicted octanol–water partition coefficient (Wildman–Crippen LogP) is 0.438. The van der Waals surface area contributed by atoms with Crippen molar-refractivity contribution in [2.75, 3.05) is 14.2 Å². The molecule has 0 spiro atoms. The average Bonchev–Trinajstić information content (AvgIpc) is 2.38. The van der Waals surface area contributed by atoms with E-state index in [9.17, 15) is 14.4 Å². The number of hydrogen-bond donors (Lipinski definition) is 1. The van der Waals surface area contributed by atoms with E-state index in [0.29, 0.717) is 25.7 Å². The number of hydrogen-bond acceptors (Lipinski definition) is 5. The fourth-order valence-electron chi connectivity index (χ4n) is 2.48. The number of methoxy groups -OCH3 is 2. The first kappa shape index (κ1) is 15.6. The summed E-state index contributed by atoms with van der Waals surface area (Å²) >= 11 is 0. The van der Waals surface area contributed by atoms with Crippen LogP contribution < -0.4 is 5.32 Å². The Bertz CT molecular complexity index is 355. The summed E-state index contributed by atoms with van der Waals surface area (Å²) in [5.41, 5.74) is 0. The van der Waals surface area contributed by atoms with Gasteiger partial charge in [0, 0.05) is 26.9 Å². The van der Waals surface area contributed by atoms with Crippen molar-refractivity contribution in [2.45, 2.75) is 44.8 Å². The van der Waals surface area contributed by atoms with Gasteiger partial charge in [0.1, 0.15) is 11.8 Å². The molecule has 3 atom stereocenters. The van der Waals surface area contributed by atoms with Crippen LogP contribution in [-0.4, -0.2) is 44.0 Å². The van der Waals surface area contributed by atoms with Gasteiger partial charge in [-0.15, -0.1) is 0 Å². The number of rotatable bonds is 5. The smallest absolute Gasteiger partial charge is 0.328 e. The van der Waals surface area contributed by atoms with E-state index in [0.717, 1.165) is 0 Å². The van der Waals surface area contributed by atoms with E-state index in [1.807, 2.05) is 0 Å². The van der Waals surface area contributed by atoms with E-state index < -0.39 is 12.0 Å². The Morgan fingerprint density at radius 2 is 2.11 bits per heavy atom. The van der Waals surface area contributed by atoms with Gasteiger partial charge in [-0.25, -0.2) is 4.79 Å². The average molecular weight is 271 g/mol. The first-order chi connectivity index (χ1) is 8.97. The Labute approximate surface area is 112 Å². The lowest BCUT2D eigenvalue weighted by molar-refractivity contribution is -0.146. The molecule has 1 fully saturated rings. The summed E-state index contributed by atoms with van der Waals surface area (Å²) in [4.78, 5) is 34.1. The van der Waals surface area contributed by atoms with Crippen LogP contribution in [0.4, 0.5) is 0 Å². The Morgan fingerprint density at radius 1 is 1.42 bits per heavy atom. The Kier molecular flexibility index (Phi) is 5.95. The van der Waals surface area contributed by atoms with E-state index in [4.69, 9.17) is 4.74 Å². The fourth-order valence-corrected chi connectivity index (χ4v) is 2.48. The van der Waals surface area contributed by atoms with Crippen molar-refractivity contribution in [3.05, 3.63) is 0 Å². The van der Waals surface area contributed by atoms with Gasteiger partial charge in [0.05, 0.1) is 13.2 Å². The van der Waals surface area contributed by atoms with Crippen LogP contribution in [0.5, 0.6) is 0 Å². The molecule has 0 saturated heterocycles. The van der Waals surface area contributed by atoms with Crippen LogP contribution in [0.1, 0.15) is 32.6 Å². The number of ether oxygens (including phenoxy) is 2. The lowest BCUT2D eigenvalue weighted by Crippen LogP contribution is -2.44. The monoisotopic (exact) mass is 271 g/mol. The quantitative estimate of drug-likeness (QED) is 0.734. The van der Waals surface area contributed by atoms with Gasteiger partial charge in [0.2, 0.25) is 5.91 Å². The minimum absolute atomic E-state index is 0.0682. The summed E-state index contributed by atoms with van der Waals surface area (Å²) in [5, 5.41) is 2.58. The van der Waals surface area contributed by atoms with Gasteiger partial charge in [-0.3, -0.25) is 9.59 Å². The maximum Gasteiger partial charge on any atom is 0.328 e. The van der Waals surface area contributed by atoms with Gasteiger partial charge in [0.25, 0.3) is 0 Å². The molecule has 1 amide bonds. The largest absolute Gasteiger partial charge is 0.467 e. The van der Waals surface area contributed by atoms with E-state index in [2.05, 4.69) is 10.1 Å². The Balaban J connectivity index is 2.68. The van der Waals surface area contributed by atoms with E-state index in [1.165, 1.54) is 14.0 Å². The summed E-state index contributed by atoms with van der Waals surface area (Å²) in [6.45, 7) is 1.36. The third kappa shape index (κ3) is 4.63. The molecule has 108 valence electrons. The van der Waals surface area contributed by atoms with Crippen molar-refractivity contribution < 1.29 is 23.9 Å². The van der Waals surface area contributed by atoms with Crippen molar-refractivity contribution in [3.63, 3.8) is 0 Å². The minimum Gasteiger partial charge on any atom is -0.467 e. The topological polar surface area (TPSA) is 81.7 Å². The molecule has 6 heteroatoms. The van der Waals surface area contributed by atoms with Gasteiger partial charge in [0.15, 0.2) is 0 Å². The molecule has 1 saturated carbocycles. The summed E-state index contributed by atoms with van der Waals surface area (Å²) in [5.74, 6) is -0.505. The van der Waals surface area contributed by atoms with Gasteiger partial charge in [-0.1, -0.05) is 0 Å². The molecule has 19 heavy (non-hydrogen) atoms. The third-order valence-electron chi connectivity index (χ3n) is 3.45. The molecule has 6 nitrogen and oxygen atoms in total. The van der Waals surface area contributed by atoms with Crippen molar-refractivity contribution in [1.82, 2.24) is 5.32 Å². The summed E-state index contributed by atoms with van der Waals surface area (Å²) in [6, 6.07) is -0.682. The van der Waals surface area contributed by atoms with Crippen molar-refractivity contribution in [1.29, 1.82) is 0 Å². The molecule has 0 bridgehead atoms. The van der Waals surface area contributed by atoms with E-state index >= 15 is 0 Å². The van der Waals surface area contributed by atoms with Crippen molar-refractivity contribution in [3.8, 4) is 0 Å². The first-order valence-corrected chi connectivity index (χ1v) is 6.37. The fraction of sp³-hybridized carbons (Fsp3) is 0.769. The Morgan fingerprint density at radius 3 is 2.63 bits per heavy atom. The lowest BCUT2D eigenvalue weighted by Gasteiger charge is -2.31. The van der Waals surface area contributed by atoms with Gasteiger partial charge in [-0.2, -0.15) is 0 Å². The molecule has 1 rings (SSSR count). The zero-order valence-electron chi connectivity index (χ0n) is 11.6. The number of amides is 1. The predicted molar refractivity (Wildman–Crippen MR) is 67.4 cm³/mol. The Hall–Kier alpha value is -1.43. The molecule has 1 aliphatic carbocycles. The van der Waals surface area contributed by atoms with Crippen LogP contribution in [0.2, 0.25) is 0 Å². The standard InChI is InChI=1S/C13H21NO5/c1-8(15)14-11(13(17)19-3)6-9-4-5-10(16)7-12(9)18-2/h9,11-12H,4-7H2,1-3H3,(H,14,15)/t9?,11-,12?/m0/s1. The summed E-state index contributed by atoms with van der Waals surface area (Å²) in [6.07, 6.45) is 1.78. The second-order valence-corrected chi connectivity index (χ2v) is 4.83. The zero-order valence-corrected chi connectivity index (χ0v) is 11.6. The molecule has 0 aromatic rings. The number of Topliss-reactive ketones (excluding diaryl/α,β-unsaturated/α-hetero) is 1. The number of carbonyl (C=O) groups is 3. The van der Waals surface area contributed by atoms with Crippen LogP contribution in [0, 0.1) is 5.92 Å². The van der Waals surface area contributed by atoms with E-state index in [1.54, 1.807) is 7.11 Å². The maximum atomic E-state index is 11.6. The highest BCUT2D eigenvalue weighted by atomic mass is 16.5. The molecule has 0 aromatic carbocycles. The maximum absolute atomic E-state index is 11.6. The highest BCUT2D eigenvalue weighted by Gasteiger charge is 2.33. The van der Waals surface area contributed by atoms with Crippen LogP contribution >= 0.6 is 0 Å². The van der Waals surface area contributed by atoms with Gasteiger partial charge < -0.3 is 14.8 Å². The summed E-state index contributed by atoms with van der Waals surface area (Å²) in [7, 11) is 2.84. The molecule has 1 aliphatic rings. The van der Waals surface area contributed by atoms with Crippen molar-refractivity contribution in [2.24, 2.45) is 5.92 Å². The highest BCUT2D eigenvalue weighted by Crippen LogP contribution is 2.28. The number of carbonyl (C=O) groups excluding carboxylic acids is 3. The van der Waals surface area contributed by atoms with Crippen LogP contribution in [-0.2, 0) is 23.9 Å².